The van der Waals surface area contributed by atoms with Crippen molar-refractivity contribution in [3.05, 3.63) is 65.7 Å². The van der Waals surface area contributed by atoms with Crippen molar-refractivity contribution in [2.24, 2.45) is 11.8 Å². The van der Waals surface area contributed by atoms with Gasteiger partial charge in [-0.05, 0) is 36.0 Å². The van der Waals surface area contributed by atoms with E-state index >= 15 is 0 Å². The molecular formula is C25H33N3O. The number of nitrogens with one attached hydrogen (secondary N) is 1. The third-order valence-corrected chi connectivity index (χ3v) is 6.29. The van der Waals surface area contributed by atoms with Gasteiger partial charge in [-0.15, -0.1) is 0 Å². The van der Waals surface area contributed by atoms with Crippen molar-refractivity contribution < 1.29 is 4.79 Å². The molecule has 154 valence electrons. The molecule has 0 aliphatic carbocycles. The Kier molecular flexibility index (Phi) is 6.19. The number of carbonyl (C=O) groups excluding carboxylic acids is 1. The first kappa shape index (κ1) is 20.0. The van der Waals surface area contributed by atoms with E-state index in [0.29, 0.717) is 5.92 Å². The van der Waals surface area contributed by atoms with Crippen molar-refractivity contribution in [2.45, 2.75) is 32.7 Å². The van der Waals surface area contributed by atoms with Gasteiger partial charge in [0.05, 0.1) is 12.0 Å². The SMILES string of the molecule is CC(C)CNC(=O)[C@@H]1Cc2ccccc2N2CCN(CCc3ccccc3)C[C@H]12. The van der Waals surface area contributed by atoms with Crippen LogP contribution in [-0.4, -0.2) is 49.6 Å². The summed E-state index contributed by atoms with van der Waals surface area (Å²) in [5.74, 6) is 0.705. The summed E-state index contributed by atoms with van der Waals surface area (Å²) < 4.78 is 0. The smallest absolute Gasteiger partial charge is 0.225 e. The summed E-state index contributed by atoms with van der Waals surface area (Å²) in [5.41, 5.74) is 4.02. The zero-order valence-corrected chi connectivity index (χ0v) is 17.7. The Bertz CT molecular complexity index is 820. The zero-order chi connectivity index (χ0) is 20.2. The van der Waals surface area contributed by atoms with Gasteiger partial charge in [0, 0.05) is 38.4 Å². The van der Waals surface area contributed by atoms with Crippen LogP contribution >= 0.6 is 0 Å². The number of carbonyl (C=O) groups is 1. The molecule has 4 nitrogen and oxygen atoms in total. The van der Waals surface area contributed by atoms with E-state index in [9.17, 15) is 4.79 Å². The number of benzene rings is 2. The molecule has 0 unspecified atom stereocenters. The quantitative estimate of drug-likeness (QED) is 0.820. The molecule has 2 aliphatic rings. The van der Waals surface area contributed by atoms with Crippen molar-refractivity contribution in [1.29, 1.82) is 0 Å². The largest absolute Gasteiger partial charge is 0.365 e. The number of rotatable bonds is 6. The summed E-state index contributed by atoms with van der Waals surface area (Å²) in [6.07, 6.45) is 1.90. The van der Waals surface area contributed by atoms with Crippen LogP contribution in [0.3, 0.4) is 0 Å². The van der Waals surface area contributed by atoms with Gasteiger partial charge in [-0.1, -0.05) is 62.4 Å². The lowest BCUT2D eigenvalue weighted by Crippen LogP contribution is -2.61. The lowest BCUT2D eigenvalue weighted by Gasteiger charge is -2.49. The second-order valence-corrected chi connectivity index (χ2v) is 8.88. The number of hydrogen-bond acceptors (Lipinski definition) is 3. The molecule has 1 amide bonds. The number of piperazine rings is 1. The molecule has 2 heterocycles. The first-order valence-corrected chi connectivity index (χ1v) is 11.0. The van der Waals surface area contributed by atoms with Crippen LogP contribution in [0.15, 0.2) is 54.6 Å². The van der Waals surface area contributed by atoms with Gasteiger partial charge in [-0.25, -0.2) is 0 Å². The maximum absolute atomic E-state index is 13.1. The van der Waals surface area contributed by atoms with Gasteiger partial charge in [-0.3, -0.25) is 9.69 Å². The molecule has 0 bridgehead atoms. The summed E-state index contributed by atoms with van der Waals surface area (Å²) in [6.45, 7) is 9.10. The van der Waals surface area contributed by atoms with Crippen molar-refractivity contribution in [3.63, 3.8) is 0 Å². The Balaban J connectivity index is 1.49. The molecule has 2 atom stereocenters. The molecule has 4 heteroatoms. The van der Waals surface area contributed by atoms with Gasteiger partial charge in [0.1, 0.15) is 0 Å². The minimum Gasteiger partial charge on any atom is -0.365 e. The maximum atomic E-state index is 13.1. The number of para-hydroxylation sites is 1. The van der Waals surface area contributed by atoms with Crippen LogP contribution < -0.4 is 10.2 Å². The molecule has 1 N–H and O–H groups in total. The summed E-state index contributed by atoms with van der Waals surface area (Å²) in [5, 5.41) is 3.20. The molecule has 0 spiro atoms. The van der Waals surface area contributed by atoms with Crippen LogP contribution in [0.4, 0.5) is 5.69 Å². The van der Waals surface area contributed by atoms with Gasteiger partial charge < -0.3 is 10.2 Å². The van der Waals surface area contributed by atoms with E-state index in [1.54, 1.807) is 0 Å². The molecule has 1 saturated heterocycles. The monoisotopic (exact) mass is 391 g/mol. The average molecular weight is 392 g/mol. The van der Waals surface area contributed by atoms with Crippen LogP contribution in [0.1, 0.15) is 25.0 Å². The molecule has 0 radical (unpaired) electrons. The highest BCUT2D eigenvalue weighted by Crippen LogP contribution is 2.36. The standard InChI is InChI=1S/C25H33N3O/c1-19(2)17-26-25(29)22-16-21-10-6-7-11-23(21)28-15-14-27(18-24(22)28)13-12-20-8-4-3-5-9-20/h3-11,19,22,24H,12-18H2,1-2H3,(H,26,29)/t22-,24-/m1/s1. The normalized spacial score (nSPS) is 21.6. The fourth-order valence-electron chi connectivity index (χ4n) is 4.69. The van der Waals surface area contributed by atoms with E-state index in [-0.39, 0.29) is 17.9 Å². The predicted molar refractivity (Wildman–Crippen MR) is 119 cm³/mol. The number of hydrogen-bond donors (Lipinski definition) is 1. The number of anilines is 1. The number of amides is 1. The van der Waals surface area contributed by atoms with E-state index in [1.807, 2.05) is 0 Å². The third-order valence-electron chi connectivity index (χ3n) is 6.29. The summed E-state index contributed by atoms with van der Waals surface area (Å²) >= 11 is 0. The maximum Gasteiger partial charge on any atom is 0.225 e. The topological polar surface area (TPSA) is 35.6 Å². The minimum atomic E-state index is 0.0168. The molecule has 2 aromatic rings. The molecule has 29 heavy (non-hydrogen) atoms. The second kappa shape index (κ2) is 9.00. The van der Waals surface area contributed by atoms with E-state index in [1.165, 1.54) is 16.8 Å². The Labute approximate surface area is 174 Å². The molecule has 0 saturated carbocycles. The van der Waals surface area contributed by atoms with E-state index in [2.05, 4.69) is 83.6 Å². The molecule has 2 aromatic carbocycles. The number of fused-ring (bicyclic) bond motifs is 3. The van der Waals surface area contributed by atoms with Gasteiger partial charge in [0.25, 0.3) is 0 Å². The Morgan fingerprint density at radius 2 is 1.83 bits per heavy atom. The van der Waals surface area contributed by atoms with Gasteiger partial charge in [0.15, 0.2) is 0 Å². The molecule has 2 aliphatic heterocycles. The first-order chi connectivity index (χ1) is 14.1. The van der Waals surface area contributed by atoms with Crippen molar-refractivity contribution in [3.8, 4) is 0 Å². The summed E-state index contributed by atoms with van der Waals surface area (Å²) in [7, 11) is 0. The van der Waals surface area contributed by atoms with Crippen molar-refractivity contribution >= 4 is 11.6 Å². The average Bonchev–Trinajstić information content (AvgIpc) is 2.76. The second-order valence-electron chi connectivity index (χ2n) is 8.88. The third kappa shape index (κ3) is 4.64. The molecule has 1 fully saturated rings. The number of nitrogens with zero attached hydrogens (tertiary/aromatic N) is 2. The highest BCUT2D eigenvalue weighted by atomic mass is 16.1. The molecule has 4 rings (SSSR count). The fourth-order valence-corrected chi connectivity index (χ4v) is 4.69. The van der Waals surface area contributed by atoms with E-state index in [4.69, 9.17) is 0 Å². The van der Waals surface area contributed by atoms with Gasteiger partial charge in [-0.2, -0.15) is 0 Å². The first-order valence-electron chi connectivity index (χ1n) is 11.0. The van der Waals surface area contributed by atoms with Crippen LogP contribution in [-0.2, 0) is 17.6 Å². The lowest BCUT2D eigenvalue weighted by atomic mass is 9.83. The molecule has 0 aromatic heterocycles. The van der Waals surface area contributed by atoms with E-state index < -0.39 is 0 Å². The van der Waals surface area contributed by atoms with Crippen molar-refractivity contribution in [1.82, 2.24) is 10.2 Å². The van der Waals surface area contributed by atoms with Crippen LogP contribution in [0.25, 0.3) is 0 Å². The fraction of sp³-hybridized carbons (Fsp3) is 0.480. The predicted octanol–water partition coefficient (Wildman–Crippen LogP) is 3.36. The Morgan fingerprint density at radius 3 is 2.62 bits per heavy atom. The van der Waals surface area contributed by atoms with E-state index in [0.717, 1.165) is 45.6 Å². The van der Waals surface area contributed by atoms with Crippen molar-refractivity contribution in [2.75, 3.05) is 37.6 Å². The summed E-state index contributed by atoms with van der Waals surface area (Å²) in [4.78, 5) is 18.1. The summed E-state index contributed by atoms with van der Waals surface area (Å²) in [6, 6.07) is 19.6. The molecular weight excluding hydrogens is 358 g/mol. The van der Waals surface area contributed by atoms with Gasteiger partial charge in [0.2, 0.25) is 5.91 Å². The minimum absolute atomic E-state index is 0.0168. The Hall–Kier alpha value is -2.33. The highest BCUT2D eigenvalue weighted by molar-refractivity contribution is 5.82. The Morgan fingerprint density at radius 1 is 1.07 bits per heavy atom. The highest BCUT2D eigenvalue weighted by Gasteiger charge is 2.41. The van der Waals surface area contributed by atoms with Gasteiger partial charge >= 0.3 is 0 Å². The van der Waals surface area contributed by atoms with Crippen LogP contribution in [0.2, 0.25) is 0 Å². The lowest BCUT2D eigenvalue weighted by molar-refractivity contribution is -0.126. The zero-order valence-electron chi connectivity index (χ0n) is 17.7. The van der Waals surface area contributed by atoms with Crippen LogP contribution in [0.5, 0.6) is 0 Å². The van der Waals surface area contributed by atoms with Crippen LogP contribution in [0, 0.1) is 11.8 Å².